The molecule has 0 aromatic heterocycles. The van der Waals surface area contributed by atoms with E-state index < -0.39 is 0 Å². The summed E-state index contributed by atoms with van der Waals surface area (Å²) in [4.78, 5) is 4.22. The second kappa shape index (κ2) is 10.1. The molecule has 0 amide bonds. The van der Waals surface area contributed by atoms with Gasteiger partial charge < -0.3 is 15.8 Å². The molecule has 1 atom stereocenters. The van der Waals surface area contributed by atoms with Gasteiger partial charge in [0, 0.05) is 11.6 Å². The number of guanidine groups is 1. The van der Waals surface area contributed by atoms with E-state index >= 15 is 0 Å². The van der Waals surface area contributed by atoms with Crippen LogP contribution in [0.25, 0.3) is 0 Å². The predicted molar refractivity (Wildman–Crippen MR) is 96.3 cm³/mol. The van der Waals surface area contributed by atoms with Crippen molar-refractivity contribution in [3.63, 3.8) is 0 Å². The molecule has 0 spiro atoms. The number of halogens is 2. The highest BCUT2D eigenvalue weighted by molar-refractivity contribution is 14.0. The van der Waals surface area contributed by atoms with Crippen molar-refractivity contribution in [2.45, 2.75) is 26.9 Å². The van der Waals surface area contributed by atoms with Crippen LogP contribution in [0, 0.1) is 5.92 Å². The number of nitrogens with two attached hydrogens (primary N) is 1. The molecule has 1 rings (SSSR count). The zero-order valence-electron chi connectivity index (χ0n) is 12.1. The standard InChI is InChI=1S/C14H22ClN3O.HI/c1-10(2)8-17-14(16)18-9-11(3)19-13-6-4-12(15)5-7-13;/h4-7,10-11H,8-9H2,1-3H3,(H3,16,17,18);1H. The van der Waals surface area contributed by atoms with Gasteiger partial charge in [0.25, 0.3) is 0 Å². The van der Waals surface area contributed by atoms with Gasteiger partial charge in [-0.25, -0.2) is 0 Å². The van der Waals surface area contributed by atoms with E-state index in [1.54, 1.807) is 12.1 Å². The summed E-state index contributed by atoms with van der Waals surface area (Å²) in [5.41, 5.74) is 5.75. The molecule has 0 heterocycles. The van der Waals surface area contributed by atoms with Gasteiger partial charge in [0.1, 0.15) is 11.9 Å². The van der Waals surface area contributed by atoms with Gasteiger partial charge in [-0.05, 0) is 37.1 Å². The Kier molecular flexibility index (Phi) is 9.75. The van der Waals surface area contributed by atoms with Crippen molar-refractivity contribution in [2.24, 2.45) is 16.6 Å². The second-order valence-electron chi connectivity index (χ2n) is 4.88. The van der Waals surface area contributed by atoms with Crippen molar-refractivity contribution in [1.82, 2.24) is 5.32 Å². The molecule has 4 nitrogen and oxygen atoms in total. The largest absolute Gasteiger partial charge is 0.489 e. The number of hydrogen-bond acceptors (Lipinski definition) is 2. The maximum absolute atomic E-state index is 5.81. The molecule has 0 saturated carbocycles. The Morgan fingerprint density at radius 3 is 2.45 bits per heavy atom. The van der Waals surface area contributed by atoms with Gasteiger partial charge in [-0.1, -0.05) is 25.4 Å². The Morgan fingerprint density at radius 1 is 1.30 bits per heavy atom. The third-order valence-corrected chi connectivity index (χ3v) is 2.60. The summed E-state index contributed by atoms with van der Waals surface area (Å²) in [6.45, 7) is 7.50. The van der Waals surface area contributed by atoms with Crippen molar-refractivity contribution >= 4 is 41.5 Å². The summed E-state index contributed by atoms with van der Waals surface area (Å²) < 4.78 is 5.71. The van der Waals surface area contributed by atoms with E-state index in [1.807, 2.05) is 19.1 Å². The van der Waals surface area contributed by atoms with Gasteiger partial charge in [0.15, 0.2) is 5.96 Å². The number of nitrogens with zero attached hydrogens (tertiary/aromatic N) is 1. The summed E-state index contributed by atoms with van der Waals surface area (Å²) in [7, 11) is 0. The quantitative estimate of drug-likeness (QED) is 0.429. The number of aliphatic imine (C=N–C) groups is 1. The van der Waals surface area contributed by atoms with Crippen LogP contribution in [0.1, 0.15) is 20.8 Å². The van der Waals surface area contributed by atoms with Gasteiger partial charge in [0.05, 0.1) is 6.54 Å². The van der Waals surface area contributed by atoms with Crippen LogP contribution in [0.2, 0.25) is 5.02 Å². The highest BCUT2D eigenvalue weighted by Gasteiger charge is 2.04. The van der Waals surface area contributed by atoms with Gasteiger partial charge in [0.2, 0.25) is 0 Å². The maximum atomic E-state index is 5.81. The van der Waals surface area contributed by atoms with Crippen molar-refractivity contribution in [3.8, 4) is 5.75 Å². The summed E-state index contributed by atoms with van der Waals surface area (Å²) in [5, 5.41) is 3.74. The van der Waals surface area contributed by atoms with Crippen LogP contribution in [0.4, 0.5) is 0 Å². The van der Waals surface area contributed by atoms with E-state index in [-0.39, 0.29) is 30.1 Å². The van der Waals surface area contributed by atoms with E-state index in [0.717, 1.165) is 12.3 Å². The van der Waals surface area contributed by atoms with Crippen molar-refractivity contribution < 1.29 is 4.74 Å². The summed E-state index contributed by atoms with van der Waals surface area (Å²) >= 11 is 5.81. The monoisotopic (exact) mass is 411 g/mol. The molecule has 1 aromatic carbocycles. The number of hydrogen-bond donors (Lipinski definition) is 2. The van der Waals surface area contributed by atoms with Crippen LogP contribution >= 0.6 is 35.6 Å². The lowest BCUT2D eigenvalue weighted by atomic mass is 10.2. The minimum atomic E-state index is -0.00558. The first-order valence-corrected chi connectivity index (χ1v) is 6.81. The first kappa shape index (κ1) is 19.3. The number of nitrogens with one attached hydrogen (secondary N) is 1. The van der Waals surface area contributed by atoms with Crippen LogP contribution in [-0.4, -0.2) is 25.2 Å². The Labute approximate surface area is 143 Å². The topological polar surface area (TPSA) is 59.6 Å². The fourth-order valence-electron chi connectivity index (χ4n) is 1.37. The molecule has 0 fully saturated rings. The highest BCUT2D eigenvalue weighted by atomic mass is 127. The maximum Gasteiger partial charge on any atom is 0.188 e. The van der Waals surface area contributed by atoms with Crippen molar-refractivity contribution in [3.05, 3.63) is 29.3 Å². The molecule has 0 radical (unpaired) electrons. The molecular formula is C14H23ClIN3O. The first-order chi connectivity index (χ1) is 8.97. The molecule has 1 aromatic rings. The summed E-state index contributed by atoms with van der Waals surface area (Å²) in [5.74, 6) is 1.75. The van der Waals surface area contributed by atoms with Crippen LogP contribution in [0.5, 0.6) is 5.75 Å². The van der Waals surface area contributed by atoms with Crippen molar-refractivity contribution in [2.75, 3.05) is 13.1 Å². The SMILES string of the molecule is CC(C)CN=C(N)NCC(C)Oc1ccc(Cl)cc1.I. The van der Waals surface area contributed by atoms with Gasteiger partial charge in [-0.3, -0.25) is 4.99 Å². The zero-order valence-corrected chi connectivity index (χ0v) is 15.2. The smallest absolute Gasteiger partial charge is 0.188 e. The lowest BCUT2D eigenvalue weighted by Crippen LogP contribution is -2.38. The fraction of sp³-hybridized carbons (Fsp3) is 0.500. The predicted octanol–water partition coefficient (Wildman–Crippen LogP) is 3.29. The summed E-state index contributed by atoms with van der Waals surface area (Å²) in [6, 6.07) is 7.29. The van der Waals surface area contributed by atoms with Crippen LogP contribution in [0.15, 0.2) is 29.3 Å². The number of ether oxygens (including phenoxy) is 1. The highest BCUT2D eigenvalue weighted by Crippen LogP contribution is 2.16. The van der Waals surface area contributed by atoms with Crippen LogP contribution < -0.4 is 15.8 Å². The normalized spacial score (nSPS) is 12.8. The van der Waals surface area contributed by atoms with Gasteiger partial charge in [-0.2, -0.15) is 0 Å². The third kappa shape index (κ3) is 8.47. The van der Waals surface area contributed by atoms with Gasteiger partial charge >= 0.3 is 0 Å². The Hall–Kier alpha value is -0.690. The van der Waals surface area contributed by atoms with Crippen molar-refractivity contribution in [1.29, 1.82) is 0 Å². The zero-order chi connectivity index (χ0) is 14.3. The first-order valence-electron chi connectivity index (χ1n) is 6.43. The van der Waals surface area contributed by atoms with Crippen LogP contribution in [-0.2, 0) is 0 Å². The van der Waals surface area contributed by atoms with E-state index in [1.165, 1.54) is 0 Å². The minimum absolute atomic E-state index is 0. The van der Waals surface area contributed by atoms with E-state index in [0.29, 0.717) is 23.4 Å². The molecule has 6 heteroatoms. The molecule has 0 bridgehead atoms. The molecule has 20 heavy (non-hydrogen) atoms. The molecule has 114 valence electrons. The average molecular weight is 412 g/mol. The Balaban J connectivity index is 0.00000361. The average Bonchev–Trinajstić information content (AvgIpc) is 2.36. The van der Waals surface area contributed by atoms with E-state index in [4.69, 9.17) is 22.1 Å². The lowest BCUT2D eigenvalue weighted by molar-refractivity contribution is 0.224. The second-order valence-corrected chi connectivity index (χ2v) is 5.32. The molecule has 3 N–H and O–H groups in total. The van der Waals surface area contributed by atoms with E-state index in [9.17, 15) is 0 Å². The minimum Gasteiger partial charge on any atom is -0.489 e. The Morgan fingerprint density at radius 2 is 1.90 bits per heavy atom. The molecule has 0 aliphatic rings. The molecule has 0 saturated heterocycles. The molecule has 1 unspecified atom stereocenters. The van der Waals surface area contributed by atoms with Gasteiger partial charge in [-0.15, -0.1) is 24.0 Å². The third-order valence-electron chi connectivity index (χ3n) is 2.35. The summed E-state index contributed by atoms with van der Waals surface area (Å²) in [6.07, 6.45) is -0.00558. The van der Waals surface area contributed by atoms with E-state index in [2.05, 4.69) is 24.2 Å². The Bertz CT molecular complexity index is 409. The fourth-order valence-corrected chi connectivity index (χ4v) is 1.50. The lowest BCUT2D eigenvalue weighted by Gasteiger charge is -2.16. The number of benzene rings is 1. The molecular weight excluding hydrogens is 389 g/mol. The number of rotatable bonds is 6. The molecule has 0 aliphatic heterocycles. The van der Waals surface area contributed by atoms with Crippen LogP contribution in [0.3, 0.4) is 0 Å². The molecule has 0 aliphatic carbocycles.